The molecule has 0 aliphatic rings. The number of hydrogen-bond donors (Lipinski definition) is 1. The summed E-state index contributed by atoms with van der Waals surface area (Å²) in [5.41, 5.74) is 6.48. The predicted octanol–water partition coefficient (Wildman–Crippen LogP) is 1.35. The van der Waals surface area contributed by atoms with E-state index in [1.165, 1.54) is 5.56 Å². The van der Waals surface area contributed by atoms with Gasteiger partial charge >= 0.3 is 0 Å². The topological polar surface area (TPSA) is 44.5 Å². The first-order valence-corrected chi connectivity index (χ1v) is 4.80. The Balaban J connectivity index is 2.18. The van der Waals surface area contributed by atoms with Gasteiger partial charge in [-0.05, 0) is 24.6 Å². The van der Waals surface area contributed by atoms with Gasteiger partial charge in [0.2, 0.25) is 0 Å². The van der Waals surface area contributed by atoms with E-state index >= 15 is 0 Å². The van der Waals surface area contributed by atoms with Crippen LogP contribution in [0.15, 0.2) is 24.3 Å². The fraction of sp³-hybridized carbons (Fsp3) is 0.455. The molecule has 0 saturated heterocycles. The van der Waals surface area contributed by atoms with Crippen LogP contribution in [0.25, 0.3) is 0 Å². The lowest BCUT2D eigenvalue weighted by molar-refractivity contribution is 0.106. The minimum Gasteiger partial charge on any atom is -0.491 e. The molecule has 3 heteroatoms. The van der Waals surface area contributed by atoms with E-state index in [0.29, 0.717) is 26.4 Å². The maximum Gasteiger partial charge on any atom is 0.119 e. The van der Waals surface area contributed by atoms with Gasteiger partial charge in [0, 0.05) is 6.54 Å². The van der Waals surface area contributed by atoms with Crippen molar-refractivity contribution in [3.8, 4) is 5.75 Å². The second kappa shape index (κ2) is 6.40. The maximum atomic E-state index is 5.47. The summed E-state index contributed by atoms with van der Waals surface area (Å²) in [7, 11) is 0. The highest BCUT2D eigenvalue weighted by molar-refractivity contribution is 5.27. The Hall–Kier alpha value is -1.06. The molecule has 1 rings (SSSR count). The Kier molecular flexibility index (Phi) is 5.04. The first kappa shape index (κ1) is 11.0. The average molecular weight is 195 g/mol. The molecule has 0 atom stereocenters. The molecule has 0 amide bonds. The highest BCUT2D eigenvalue weighted by Crippen LogP contribution is 2.11. The van der Waals surface area contributed by atoms with Crippen LogP contribution in [0.2, 0.25) is 0 Å². The lowest BCUT2D eigenvalue weighted by atomic mass is 10.2. The summed E-state index contributed by atoms with van der Waals surface area (Å²) in [5, 5.41) is 0. The molecule has 0 aliphatic carbocycles. The number of hydrogen-bond acceptors (Lipinski definition) is 3. The van der Waals surface area contributed by atoms with Crippen molar-refractivity contribution in [3.05, 3.63) is 29.8 Å². The molecular formula is C11H17NO2. The summed E-state index contributed by atoms with van der Waals surface area (Å²) in [6.45, 7) is 4.36. The van der Waals surface area contributed by atoms with Crippen molar-refractivity contribution < 1.29 is 9.47 Å². The fourth-order valence-electron chi connectivity index (χ4n) is 1.11. The number of nitrogens with two attached hydrogens (primary N) is 1. The zero-order valence-electron chi connectivity index (χ0n) is 8.53. The number of ether oxygens (including phenoxy) is 2. The van der Waals surface area contributed by atoms with Crippen LogP contribution >= 0.6 is 0 Å². The van der Waals surface area contributed by atoms with Crippen molar-refractivity contribution in [3.63, 3.8) is 0 Å². The van der Waals surface area contributed by atoms with E-state index in [4.69, 9.17) is 15.2 Å². The third-order valence-corrected chi connectivity index (χ3v) is 1.75. The van der Waals surface area contributed by atoms with Crippen LogP contribution in [0, 0.1) is 6.92 Å². The van der Waals surface area contributed by atoms with E-state index in [-0.39, 0.29) is 0 Å². The van der Waals surface area contributed by atoms with Gasteiger partial charge in [0.25, 0.3) is 0 Å². The molecule has 0 fully saturated rings. The van der Waals surface area contributed by atoms with Crippen LogP contribution in [0.1, 0.15) is 5.56 Å². The predicted molar refractivity (Wildman–Crippen MR) is 56.5 cm³/mol. The SMILES string of the molecule is Cc1cccc(OCCOCCN)c1. The van der Waals surface area contributed by atoms with Gasteiger partial charge in [0.15, 0.2) is 0 Å². The van der Waals surface area contributed by atoms with Crippen LogP contribution in [0.3, 0.4) is 0 Å². The largest absolute Gasteiger partial charge is 0.491 e. The summed E-state index contributed by atoms with van der Waals surface area (Å²) < 4.78 is 10.7. The monoisotopic (exact) mass is 195 g/mol. The molecule has 2 N–H and O–H groups in total. The molecule has 78 valence electrons. The van der Waals surface area contributed by atoms with Gasteiger partial charge in [0.05, 0.1) is 13.2 Å². The minimum atomic E-state index is 0.560. The standard InChI is InChI=1S/C11H17NO2/c1-10-3-2-4-11(9-10)14-8-7-13-6-5-12/h2-4,9H,5-8,12H2,1H3. The molecule has 0 unspecified atom stereocenters. The van der Waals surface area contributed by atoms with Crippen LogP contribution in [0.5, 0.6) is 5.75 Å². The number of aryl methyl sites for hydroxylation is 1. The van der Waals surface area contributed by atoms with Crippen molar-refractivity contribution in [2.24, 2.45) is 5.73 Å². The van der Waals surface area contributed by atoms with Gasteiger partial charge in [-0.25, -0.2) is 0 Å². The number of rotatable bonds is 6. The zero-order chi connectivity index (χ0) is 10.2. The van der Waals surface area contributed by atoms with Gasteiger partial charge in [-0.3, -0.25) is 0 Å². The van der Waals surface area contributed by atoms with Crippen LogP contribution in [-0.2, 0) is 4.74 Å². The molecule has 0 heterocycles. The normalized spacial score (nSPS) is 10.1. The highest BCUT2D eigenvalue weighted by atomic mass is 16.5. The van der Waals surface area contributed by atoms with Gasteiger partial charge in [-0.2, -0.15) is 0 Å². The third kappa shape index (κ3) is 4.25. The molecule has 0 aliphatic heterocycles. The smallest absolute Gasteiger partial charge is 0.119 e. The molecule has 0 bridgehead atoms. The molecular weight excluding hydrogens is 178 g/mol. The lowest BCUT2D eigenvalue weighted by Crippen LogP contribution is -2.13. The molecule has 1 aromatic rings. The van der Waals surface area contributed by atoms with E-state index < -0.39 is 0 Å². The summed E-state index contributed by atoms with van der Waals surface area (Å²) in [5.74, 6) is 0.890. The second-order valence-electron chi connectivity index (χ2n) is 3.07. The summed E-state index contributed by atoms with van der Waals surface area (Å²) in [6.07, 6.45) is 0. The molecule has 0 saturated carbocycles. The second-order valence-corrected chi connectivity index (χ2v) is 3.07. The summed E-state index contributed by atoms with van der Waals surface area (Å²) in [6, 6.07) is 7.96. The first-order valence-electron chi connectivity index (χ1n) is 4.80. The van der Waals surface area contributed by atoms with Crippen LogP contribution in [0.4, 0.5) is 0 Å². The molecule has 14 heavy (non-hydrogen) atoms. The molecule has 3 nitrogen and oxygen atoms in total. The van der Waals surface area contributed by atoms with Gasteiger partial charge in [-0.15, -0.1) is 0 Å². The van der Waals surface area contributed by atoms with Gasteiger partial charge in [0.1, 0.15) is 12.4 Å². The van der Waals surface area contributed by atoms with E-state index in [0.717, 1.165) is 5.75 Å². The third-order valence-electron chi connectivity index (χ3n) is 1.75. The van der Waals surface area contributed by atoms with Crippen LogP contribution < -0.4 is 10.5 Å². The van der Waals surface area contributed by atoms with E-state index in [2.05, 4.69) is 0 Å². The zero-order valence-corrected chi connectivity index (χ0v) is 8.53. The number of benzene rings is 1. The molecule has 0 spiro atoms. The van der Waals surface area contributed by atoms with Crippen LogP contribution in [-0.4, -0.2) is 26.4 Å². The van der Waals surface area contributed by atoms with E-state index in [1.807, 2.05) is 31.2 Å². The lowest BCUT2D eigenvalue weighted by Gasteiger charge is -2.06. The molecule has 0 aromatic heterocycles. The van der Waals surface area contributed by atoms with Crippen molar-refractivity contribution in [1.82, 2.24) is 0 Å². The molecule has 0 radical (unpaired) electrons. The maximum absolute atomic E-state index is 5.47. The van der Waals surface area contributed by atoms with Gasteiger partial charge < -0.3 is 15.2 Å². The van der Waals surface area contributed by atoms with Crippen molar-refractivity contribution in [1.29, 1.82) is 0 Å². The van der Waals surface area contributed by atoms with Gasteiger partial charge in [-0.1, -0.05) is 12.1 Å². The van der Waals surface area contributed by atoms with Crippen molar-refractivity contribution in [2.75, 3.05) is 26.4 Å². The highest BCUT2D eigenvalue weighted by Gasteiger charge is 1.93. The minimum absolute atomic E-state index is 0.560. The molecule has 1 aromatic carbocycles. The van der Waals surface area contributed by atoms with E-state index in [1.54, 1.807) is 0 Å². The van der Waals surface area contributed by atoms with Crippen molar-refractivity contribution >= 4 is 0 Å². The first-order chi connectivity index (χ1) is 6.83. The fourth-order valence-corrected chi connectivity index (χ4v) is 1.11. The Bertz CT molecular complexity index is 263. The summed E-state index contributed by atoms with van der Waals surface area (Å²) >= 11 is 0. The Morgan fingerprint density at radius 1 is 1.21 bits per heavy atom. The average Bonchev–Trinajstić information content (AvgIpc) is 2.18. The van der Waals surface area contributed by atoms with E-state index in [9.17, 15) is 0 Å². The quantitative estimate of drug-likeness (QED) is 0.697. The Morgan fingerprint density at radius 2 is 2.07 bits per heavy atom. The Morgan fingerprint density at radius 3 is 2.79 bits per heavy atom. The summed E-state index contributed by atoms with van der Waals surface area (Å²) in [4.78, 5) is 0. The van der Waals surface area contributed by atoms with Crippen molar-refractivity contribution in [2.45, 2.75) is 6.92 Å². The Labute approximate surface area is 84.8 Å².